The monoisotopic (exact) mass is 253 g/mol. The van der Waals surface area contributed by atoms with Gasteiger partial charge in [0.2, 0.25) is 5.91 Å². The molecule has 92 valence electrons. The Labute approximate surface area is 105 Å². The van der Waals surface area contributed by atoms with E-state index in [1.54, 1.807) is 18.2 Å². The van der Waals surface area contributed by atoms with Crippen LogP contribution in [0.25, 0.3) is 0 Å². The summed E-state index contributed by atoms with van der Waals surface area (Å²) < 4.78 is 13.2. The minimum absolute atomic E-state index is 0.0669. The van der Waals surface area contributed by atoms with Crippen LogP contribution in [0.5, 0.6) is 0 Å². The molecule has 0 saturated carbocycles. The van der Waals surface area contributed by atoms with E-state index in [9.17, 15) is 9.18 Å². The lowest BCUT2D eigenvalue weighted by molar-refractivity contribution is -0.118. The Balaban J connectivity index is 2.26. The number of carbonyl (C=O) groups excluding carboxylic acids is 1. The normalized spacial score (nSPS) is 10.7. The molecule has 4 heteroatoms. The minimum atomic E-state index is -0.279. The number of thioether (sulfide) groups is 1. The van der Waals surface area contributed by atoms with E-state index in [4.69, 9.17) is 0 Å². The summed E-state index contributed by atoms with van der Waals surface area (Å²) in [6.07, 6.45) is 4.76. The van der Waals surface area contributed by atoms with Gasteiger partial charge in [-0.25, -0.2) is 4.39 Å². The van der Waals surface area contributed by atoms with Crippen LogP contribution in [0, 0.1) is 5.82 Å². The van der Waals surface area contributed by atoms with E-state index in [0.29, 0.717) is 11.4 Å². The third-order valence-corrected chi connectivity index (χ3v) is 3.11. The number of allylic oxidation sites excluding steroid dienone is 1. The maximum atomic E-state index is 13.2. The third-order valence-electron chi connectivity index (χ3n) is 2.06. The summed E-state index contributed by atoms with van der Waals surface area (Å²) in [5, 5.41) is 2.77. The fraction of sp³-hybridized carbons (Fsp3) is 0.308. The van der Waals surface area contributed by atoms with E-state index in [2.05, 4.69) is 5.32 Å². The van der Waals surface area contributed by atoms with Crippen molar-refractivity contribution >= 4 is 17.7 Å². The van der Waals surface area contributed by atoms with Crippen molar-refractivity contribution in [2.24, 2.45) is 0 Å². The molecule has 17 heavy (non-hydrogen) atoms. The largest absolute Gasteiger partial charge is 0.355 e. The van der Waals surface area contributed by atoms with Crippen molar-refractivity contribution < 1.29 is 9.18 Å². The molecule has 0 spiro atoms. The molecule has 1 rings (SSSR count). The summed E-state index contributed by atoms with van der Waals surface area (Å²) in [5.41, 5.74) is 0. The molecule has 0 aromatic heterocycles. The second-order valence-electron chi connectivity index (χ2n) is 3.43. The molecule has 0 unspecified atom stereocenters. The van der Waals surface area contributed by atoms with E-state index in [1.807, 2.05) is 19.1 Å². The lowest BCUT2D eigenvalue weighted by atomic mass is 10.3. The van der Waals surface area contributed by atoms with Crippen LogP contribution in [-0.2, 0) is 4.79 Å². The smallest absolute Gasteiger partial charge is 0.230 e. The van der Waals surface area contributed by atoms with Crippen molar-refractivity contribution in [2.45, 2.75) is 18.2 Å². The van der Waals surface area contributed by atoms with E-state index in [0.717, 1.165) is 6.42 Å². The van der Waals surface area contributed by atoms with Crippen molar-refractivity contribution in [1.29, 1.82) is 0 Å². The number of benzene rings is 1. The van der Waals surface area contributed by atoms with Gasteiger partial charge in [-0.2, -0.15) is 0 Å². The van der Waals surface area contributed by atoms with Crippen LogP contribution < -0.4 is 5.32 Å². The van der Waals surface area contributed by atoms with Crippen LogP contribution in [0.3, 0.4) is 0 Å². The maximum Gasteiger partial charge on any atom is 0.230 e. The molecule has 0 saturated heterocycles. The van der Waals surface area contributed by atoms with Gasteiger partial charge in [0.1, 0.15) is 5.82 Å². The molecule has 0 aliphatic carbocycles. The van der Waals surface area contributed by atoms with Gasteiger partial charge in [-0.3, -0.25) is 4.79 Å². The van der Waals surface area contributed by atoms with Gasteiger partial charge in [0.25, 0.3) is 0 Å². The number of hydrogen-bond donors (Lipinski definition) is 1. The van der Waals surface area contributed by atoms with Gasteiger partial charge in [0.15, 0.2) is 0 Å². The molecule has 0 heterocycles. The van der Waals surface area contributed by atoms with Gasteiger partial charge >= 0.3 is 0 Å². The van der Waals surface area contributed by atoms with Crippen LogP contribution >= 0.6 is 11.8 Å². The lowest BCUT2D eigenvalue weighted by Gasteiger charge is -2.04. The van der Waals surface area contributed by atoms with Crippen LogP contribution in [0.2, 0.25) is 0 Å². The first-order chi connectivity index (χ1) is 8.24. The molecule has 0 atom stereocenters. The molecular weight excluding hydrogens is 237 g/mol. The first kappa shape index (κ1) is 13.8. The fourth-order valence-electron chi connectivity index (χ4n) is 1.22. The van der Waals surface area contributed by atoms with Gasteiger partial charge in [0, 0.05) is 11.4 Å². The molecule has 0 fully saturated rings. The van der Waals surface area contributed by atoms with Crippen LogP contribution in [0.1, 0.15) is 13.3 Å². The molecule has 1 amide bonds. The predicted octanol–water partition coefficient (Wildman–Crippen LogP) is 3.00. The molecule has 0 aliphatic heterocycles. The van der Waals surface area contributed by atoms with E-state index < -0.39 is 0 Å². The summed E-state index contributed by atoms with van der Waals surface area (Å²) in [4.78, 5) is 11.9. The second kappa shape index (κ2) is 7.90. The standard InChI is InChI=1S/C13H16FNOS/c1-2-3-6-9-15-13(16)10-17-12-8-5-4-7-11(12)14/h2-5,7-8H,6,9-10H2,1H3,(H,15,16)/b3-2+. The lowest BCUT2D eigenvalue weighted by Crippen LogP contribution is -2.25. The van der Waals surface area contributed by atoms with Crippen LogP contribution in [-0.4, -0.2) is 18.2 Å². The number of nitrogens with one attached hydrogen (secondary N) is 1. The van der Waals surface area contributed by atoms with E-state index in [1.165, 1.54) is 17.8 Å². The molecule has 0 bridgehead atoms. The first-order valence-corrected chi connectivity index (χ1v) is 6.47. The van der Waals surface area contributed by atoms with Crippen molar-refractivity contribution in [1.82, 2.24) is 5.32 Å². The number of carbonyl (C=O) groups is 1. The summed E-state index contributed by atoms with van der Waals surface area (Å²) in [7, 11) is 0. The highest BCUT2D eigenvalue weighted by Crippen LogP contribution is 2.20. The Kier molecular flexibility index (Phi) is 6.40. The SMILES string of the molecule is C/C=C/CCNC(=O)CSc1ccccc1F. The fourth-order valence-corrected chi connectivity index (χ4v) is 1.99. The molecule has 1 N–H and O–H groups in total. The Morgan fingerprint density at radius 2 is 2.24 bits per heavy atom. The zero-order valence-corrected chi connectivity index (χ0v) is 10.6. The quantitative estimate of drug-likeness (QED) is 0.480. The topological polar surface area (TPSA) is 29.1 Å². The van der Waals surface area contributed by atoms with Gasteiger partial charge in [-0.1, -0.05) is 24.3 Å². The Hall–Kier alpha value is -1.29. The average Bonchev–Trinajstić information content (AvgIpc) is 2.34. The van der Waals surface area contributed by atoms with Crippen molar-refractivity contribution in [3.63, 3.8) is 0 Å². The van der Waals surface area contributed by atoms with Gasteiger partial charge in [0.05, 0.1) is 5.75 Å². The number of rotatable bonds is 6. The molecular formula is C13H16FNOS. The summed E-state index contributed by atoms with van der Waals surface area (Å²) in [6.45, 7) is 2.57. The number of hydrogen-bond acceptors (Lipinski definition) is 2. The number of amides is 1. The second-order valence-corrected chi connectivity index (χ2v) is 4.44. The number of halogens is 1. The van der Waals surface area contributed by atoms with E-state index >= 15 is 0 Å². The summed E-state index contributed by atoms with van der Waals surface area (Å²) in [5.74, 6) is -0.0986. The first-order valence-electron chi connectivity index (χ1n) is 5.49. The molecule has 1 aromatic carbocycles. The Morgan fingerprint density at radius 3 is 2.94 bits per heavy atom. The molecule has 0 aliphatic rings. The van der Waals surface area contributed by atoms with Crippen LogP contribution in [0.4, 0.5) is 4.39 Å². The molecule has 2 nitrogen and oxygen atoms in total. The highest BCUT2D eigenvalue weighted by atomic mass is 32.2. The molecule has 0 radical (unpaired) electrons. The van der Waals surface area contributed by atoms with Crippen molar-refractivity contribution in [3.05, 3.63) is 42.2 Å². The minimum Gasteiger partial charge on any atom is -0.355 e. The van der Waals surface area contributed by atoms with Crippen molar-refractivity contribution in [3.8, 4) is 0 Å². The predicted molar refractivity (Wildman–Crippen MR) is 69.6 cm³/mol. The highest BCUT2D eigenvalue weighted by Gasteiger charge is 2.05. The maximum absolute atomic E-state index is 13.2. The Bertz CT molecular complexity index is 393. The third kappa shape index (κ3) is 5.54. The van der Waals surface area contributed by atoms with Gasteiger partial charge < -0.3 is 5.32 Å². The van der Waals surface area contributed by atoms with Crippen LogP contribution in [0.15, 0.2) is 41.3 Å². The van der Waals surface area contributed by atoms with E-state index in [-0.39, 0.29) is 17.5 Å². The summed E-state index contributed by atoms with van der Waals surface area (Å²) in [6, 6.07) is 6.46. The highest BCUT2D eigenvalue weighted by molar-refractivity contribution is 8.00. The zero-order valence-electron chi connectivity index (χ0n) is 9.78. The molecule has 1 aromatic rings. The Morgan fingerprint density at radius 1 is 1.47 bits per heavy atom. The zero-order chi connectivity index (χ0) is 12.5. The van der Waals surface area contributed by atoms with Gasteiger partial charge in [-0.15, -0.1) is 11.8 Å². The van der Waals surface area contributed by atoms with Gasteiger partial charge in [-0.05, 0) is 25.5 Å². The summed E-state index contributed by atoms with van der Waals surface area (Å²) >= 11 is 1.21. The average molecular weight is 253 g/mol. The van der Waals surface area contributed by atoms with Crippen molar-refractivity contribution in [2.75, 3.05) is 12.3 Å².